The molecular formula is C35H27NO4. The van der Waals surface area contributed by atoms with Gasteiger partial charge in [0.25, 0.3) is 0 Å². The molecule has 1 aliphatic rings. The topological polar surface area (TPSA) is 55.8 Å². The van der Waals surface area contributed by atoms with Crippen molar-refractivity contribution in [1.29, 1.82) is 0 Å². The number of nitrogens with zero attached hydrogens (tertiary/aromatic N) is 1. The summed E-state index contributed by atoms with van der Waals surface area (Å²) in [5, 5.41) is 2.16. The van der Waals surface area contributed by atoms with E-state index in [1.807, 2.05) is 30.3 Å². The Morgan fingerprint density at radius 1 is 0.875 bits per heavy atom. The van der Waals surface area contributed by atoms with Crippen LogP contribution in [0.1, 0.15) is 30.0 Å². The highest BCUT2D eigenvalue weighted by Gasteiger charge is 2.21. The van der Waals surface area contributed by atoms with E-state index >= 15 is 0 Å². The zero-order valence-corrected chi connectivity index (χ0v) is 22.4. The molecule has 40 heavy (non-hydrogen) atoms. The molecule has 0 saturated carbocycles. The van der Waals surface area contributed by atoms with Crippen LogP contribution in [0.15, 0.2) is 110 Å². The van der Waals surface area contributed by atoms with Crippen molar-refractivity contribution in [3.63, 3.8) is 0 Å². The number of hydrogen-bond acceptors (Lipinski definition) is 5. The molecule has 0 fully saturated rings. The molecular weight excluding hydrogens is 498 g/mol. The van der Waals surface area contributed by atoms with Crippen LogP contribution in [0.5, 0.6) is 11.5 Å². The Bertz CT molecular complexity index is 1730. The molecule has 4 aromatic rings. The predicted octanol–water partition coefficient (Wildman–Crippen LogP) is 8.38. The fourth-order valence-corrected chi connectivity index (χ4v) is 4.90. The molecule has 5 rings (SSSR count). The van der Waals surface area contributed by atoms with Crippen LogP contribution in [0, 0.1) is 6.92 Å². The molecule has 0 amide bonds. The first kappa shape index (κ1) is 26.3. The van der Waals surface area contributed by atoms with E-state index in [1.165, 1.54) is 0 Å². The summed E-state index contributed by atoms with van der Waals surface area (Å²) in [4.78, 5) is 26.0. The van der Waals surface area contributed by atoms with Gasteiger partial charge < -0.3 is 14.4 Å². The van der Waals surface area contributed by atoms with E-state index in [9.17, 15) is 9.59 Å². The fourth-order valence-electron chi connectivity index (χ4n) is 4.90. The Morgan fingerprint density at radius 3 is 2.08 bits per heavy atom. The number of carbonyl (C=O) groups is 2. The van der Waals surface area contributed by atoms with Crippen LogP contribution in [0.4, 0.5) is 17.1 Å². The predicted molar refractivity (Wildman–Crippen MR) is 160 cm³/mol. The third-order valence-corrected chi connectivity index (χ3v) is 6.67. The maximum absolute atomic E-state index is 12.0. The van der Waals surface area contributed by atoms with Gasteiger partial charge in [-0.05, 0) is 66.3 Å². The van der Waals surface area contributed by atoms with E-state index in [2.05, 4.69) is 67.6 Å². The van der Waals surface area contributed by atoms with Crippen molar-refractivity contribution < 1.29 is 19.1 Å². The molecule has 4 aromatic carbocycles. The van der Waals surface area contributed by atoms with Gasteiger partial charge in [0.2, 0.25) is 0 Å². The number of aryl methyl sites for hydroxylation is 1. The van der Waals surface area contributed by atoms with Gasteiger partial charge >= 0.3 is 11.9 Å². The summed E-state index contributed by atoms with van der Waals surface area (Å²) < 4.78 is 10.9. The highest BCUT2D eigenvalue weighted by atomic mass is 16.5. The van der Waals surface area contributed by atoms with E-state index in [0.717, 1.165) is 68.7 Å². The van der Waals surface area contributed by atoms with Crippen LogP contribution in [-0.4, -0.2) is 11.9 Å². The highest BCUT2D eigenvalue weighted by Crippen LogP contribution is 2.44. The molecule has 5 nitrogen and oxygen atoms in total. The van der Waals surface area contributed by atoms with Crippen molar-refractivity contribution in [2.45, 2.75) is 20.3 Å². The number of rotatable bonds is 8. The first-order valence-electron chi connectivity index (χ1n) is 12.9. The number of allylic oxidation sites excluding steroid dienone is 1. The molecule has 0 N–H and O–H groups in total. The van der Waals surface area contributed by atoms with Gasteiger partial charge in [-0.15, -0.1) is 0 Å². The van der Waals surface area contributed by atoms with Gasteiger partial charge in [-0.1, -0.05) is 61.9 Å². The maximum Gasteiger partial charge on any atom is 0.335 e. The summed E-state index contributed by atoms with van der Waals surface area (Å²) in [5.74, 6) is -0.340. The number of anilines is 3. The van der Waals surface area contributed by atoms with Crippen molar-refractivity contribution in [3.8, 4) is 11.5 Å². The summed E-state index contributed by atoms with van der Waals surface area (Å²) in [6, 6.07) is 22.9. The average molecular weight is 526 g/mol. The third-order valence-electron chi connectivity index (χ3n) is 6.67. The first-order valence-corrected chi connectivity index (χ1v) is 12.9. The van der Waals surface area contributed by atoms with Crippen molar-refractivity contribution in [1.82, 2.24) is 0 Å². The molecule has 0 aromatic heterocycles. The van der Waals surface area contributed by atoms with E-state index in [4.69, 9.17) is 9.47 Å². The Kier molecular flexibility index (Phi) is 7.35. The number of esters is 2. The lowest BCUT2D eigenvalue weighted by Crippen LogP contribution is -2.12. The van der Waals surface area contributed by atoms with Gasteiger partial charge in [0, 0.05) is 52.2 Å². The minimum absolute atomic E-state index is 0.377. The molecule has 0 atom stereocenters. The van der Waals surface area contributed by atoms with Gasteiger partial charge in [0.05, 0.1) is 5.69 Å². The molecule has 196 valence electrons. The van der Waals surface area contributed by atoms with Crippen molar-refractivity contribution in [3.05, 3.63) is 126 Å². The summed E-state index contributed by atoms with van der Waals surface area (Å²) in [5.41, 5.74) is 13.3. The highest BCUT2D eigenvalue weighted by molar-refractivity contribution is 6.07. The lowest BCUT2D eigenvalue weighted by Gasteiger charge is -2.28. The first-order chi connectivity index (χ1) is 19.4. The van der Waals surface area contributed by atoms with Gasteiger partial charge in [-0.3, -0.25) is 0 Å². The van der Waals surface area contributed by atoms with Crippen LogP contribution >= 0.6 is 0 Å². The van der Waals surface area contributed by atoms with Crippen LogP contribution in [-0.2, 0) is 9.59 Å². The number of ether oxygens (including phenoxy) is 2. The molecule has 0 aliphatic heterocycles. The van der Waals surface area contributed by atoms with E-state index in [0.29, 0.717) is 11.5 Å². The normalized spacial score (nSPS) is 11.4. The van der Waals surface area contributed by atoms with Gasteiger partial charge in [-0.25, -0.2) is 9.59 Å². The van der Waals surface area contributed by atoms with Crippen LogP contribution < -0.4 is 14.4 Å². The Hall–Kier alpha value is -5.34. The van der Waals surface area contributed by atoms with Crippen LogP contribution in [0.2, 0.25) is 0 Å². The smallest absolute Gasteiger partial charge is 0.335 e. The van der Waals surface area contributed by atoms with Crippen molar-refractivity contribution in [2.24, 2.45) is 0 Å². The van der Waals surface area contributed by atoms with Crippen LogP contribution in [0.25, 0.3) is 22.4 Å². The number of fused-ring (bicyclic) bond motifs is 3. The van der Waals surface area contributed by atoms with Gasteiger partial charge in [0.1, 0.15) is 11.5 Å². The Morgan fingerprint density at radius 2 is 1.50 bits per heavy atom. The van der Waals surface area contributed by atoms with Crippen LogP contribution in [0.3, 0.4) is 0 Å². The Labute approximate surface area is 233 Å². The number of carbonyl (C=O) groups excluding carboxylic acids is 2. The third kappa shape index (κ3) is 5.03. The van der Waals surface area contributed by atoms with E-state index < -0.39 is 11.9 Å². The molecule has 5 heteroatoms. The summed E-state index contributed by atoms with van der Waals surface area (Å²) in [6.07, 6.45) is 5.04. The van der Waals surface area contributed by atoms with Gasteiger partial charge in [0.15, 0.2) is 0 Å². The SMILES string of the molecule is C=CC(=O)Oc1cccc(N(c2cccc(OC(=O)C=C)c2)c2ccc(C)c3c4c(ccc23)C=C=C=C4CC)c1. The van der Waals surface area contributed by atoms with E-state index in [1.54, 1.807) is 24.3 Å². The van der Waals surface area contributed by atoms with Gasteiger partial charge in [-0.2, -0.15) is 0 Å². The molecule has 1 aliphatic carbocycles. The molecule has 0 unspecified atom stereocenters. The second-order valence-electron chi connectivity index (χ2n) is 9.18. The lowest BCUT2D eigenvalue weighted by molar-refractivity contribution is -0.129. The Balaban J connectivity index is 1.77. The zero-order chi connectivity index (χ0) is 28.2. The minimum atomic E-state index is -0.547. The van der Waals surface area contributed by atoms with Crippen molar-refractivity contribution in [2.75, 3.05) is 4.90 Å². The molecule has 0 bridgehead atoms. The molecule has 0 radical (unpaired) electrons. The minimum Gasteiger partial charge on any atom is -0.423 e. The maximum atomic E-state index is 12.0. The quantitative estimate of drug-likeness (QED) is 0.100. The zero-order valence-electron chi connectivity index (χ0n) is 22.4. The summed E-state index contributed by atoms with van der Waals surface area (Å²) in [7, 11) is 0. The lowest BCUT2D eigenvalue weighted by atomic mass is 9.87. The average Bonchev–Trinajstić information content (AvgIpc) is 2.98. The molecule has 0 heterocycles. The number of benzene rings is 4. The largest absolute Gasteiger partial charge is 0.423 e. The monoisotopic (exact) mass is 525 g/mol. The number of hydrogen-bond donors (Lipinski definition) is 0. The summed E-state index contributed by atoms with van der Waals surface area (Å²) >= 11 is 0. The molecule has 0 saturated heterocycles. The second-order valence-corrected chi connectivity index (χ2v) is 9.18. The molecule has 0 spiro atoms. The second kappa shape index (κ2) is 11.2. The standard InChI is InChI=1S/C35H27NO4/c1-5-24-11-8-12-25-18-19-30-31(20-17-23(4)34(30)35(24)25)36(26-13-9-15-28(21-26)39-32(37)6-2)27-14-10-16-29(22-27)40-33(38)7-3/h6-7,9-10,12-22H,2-3,5H2,1,4H3. The summed E-state index contributed by atoms with van der Waals surface area (Å²) in [6.45, 7) is 11.2. The van der Waals surface area contributed by atoms with E-state index in [-0.39, 0.29) is 0 Å². The van der Waals surface area contributed by atoms with Crippen molar-refractivity contribution >= 4 is 51.4 Å². The fraction of sp³-hybridized carbons (Fsp3) is 0.0857.